The second-order valence-corrected chi connectivity index (χ2v) is 12.1. The second-order valence-electron chi connectivity index (χ2n) is 12.1. The third-order valence-electron chi connectivity index (χ3n) is 8.78. The van der Waals surface area contributed by atoms with E-state index in [1.807, 2.05) is 36.4 Å². The Bertz CT molecular complexity index is 2150. The van der Waals surface area contributed by atoms with Crippen molar-refractivity contribution in [2.24, 2.45) is 4.99 Å². The Hall–Kier alpha value is -5.82. The monoisotopic (exact) mass is 649 g/mol. The summed E-state index contributed by atoms with van der Waals surface area (Å²) < 4.78 is 19.7. The zero-order chi connectivity index (χ0) is 33.6. The Balaban J connectivity index is 1.22. The summed E-state index contributed by atoms with van der Waals surface area (Å²) in [5.74, 6) is 1.23. The van der Waals surface area contributed by atoms with Crippen molar-refractivity contribution in [3.8, 4) is 11.4 Å². The molecule has 1 fully saturated rings. The molecule has 0 atom stereocenters. The van der Waals surface area contributed by atoms with Crippen LogP contribution >= 0.6 is 0 Å². The zero-order valence-electron chi connectivity index (χ0n) is 27.8. The molecule has 1 aliphatic heterocycles. The van der Waals surface area contributed by atoms with E-state index in [0.29, 0.717) is 37.0 Å². The predicted molar refractivity (Wildman–Crippen MR) is 197 cm³/mol. The number of ether oxygens (including phenoxy) is 3. The summed E-state index contributed by atoms with van der Waals surface area (Å²) in [6, 6.07) is 41.3. The maximum Gasteiger partial charge on any atom is 0.340 e. The van der Waals surface area contributed by atoms with Crippen LogP contribution in [0.5, 0.6) is 5.75 Å². The molecule has 0 bridgehead atoms. The number of aliphatic imine (C=N–C) groups is 1. The van der Waals surface area contributed by atoms with Gasteiger partial charge in [-0.3, -0.25) is 0 Å². The van der Waals surface area contributed by atoms with Gasteiger partial charge in [0.1, 0.15) is 11.5 Å². The van der Waals surface area contributed by atoms with E-state index in [0.717, 1.165) is 53.1 Å². The normalized spacial score (nSPS) is 14.5. The summed E-state index contributed by atoms with van der Waals surface area (Å²) in [4.78, 5) is 20.0. The third kappa shape index (κ3) is 6.92. The van der Waals surface area contributed by atoms with E-state index < -0.39 is 0 Å². The molecule has 0 radical (unpaired) electrons. The van der Waals surface area contributed by atoms with Gasteiger partial charge in [0.2, 0.25) is 0 Å². The number of para-hydroxylation sites is 3. The molecule has 0 aliphatic carbocycles. The Labute approximate surface area is 286 Å². The molecule has 1 aromatic heterocycles. The molecule has 0 unspecified atom stereocenters. The van der Waals surface area contributed by atoms with Gasteiger partial charge < -0.3 is 23.7 Å². The molecule has 2 heterocycles. The van der Waals surface area contributed by atoms with E-state index in [9.17, 15) is 4.79 Å². The first-order valence-electron chi connectivity index (χ1n) is 16.8. The van der Waals surface area contributed by atoms with Crippen molar-refractivity contribution in [1.82, 2.24) is 9.47 Å². The van der Waals surface area contributed by atoms with Crippen molar-refractivity contribution < 1.29 is 19.0 Å². The molecule has 7 heteroatoms. The number of aromatic nitrogens is 1. The largest absolute Gasteiger partial charge is 0.497 e. The molecular formula is C42H39N3O4. The number of amidine groups is 1. The van der Waals surface area contributed by atoms with Gasteiger partial charge in [0.15, 0.2) is 0 Å². The Morgan fingerprint density at radius 3 is 2.43 bits per heavy atom. The minimum atomic E-state index is -0.380. The molecule has 0 saturated carbocycles. The molecule has 1 aliphatic rings. The number of unbranched alkanes of at least 4 members (excludes halogenated alkanes) is 1. The fourth-order valence-electron chi connectivity index (χ4n) is 6.22. The highest BCUT2D eigenvalue weighted by Gasteiger charge is 2.26. The zero-order valence-corrected chi connectivity index (χ0v) is 27.8. The minimum absolute atomic E-state index is 0.380. The van der Waals surface area contributed by atoms with Crippen LogP contribution in [0.15, 0.2) is 132 Å². The van der Waals surface area contributed by atoms with Gasteiger partial charge in [0.25, 0.3) is 6.02 Å². The van der Waals surface area contributed by atoms with Gasteiger partial charge in [-0.05, 0) is 84.6 Å². The van der Waals surface area contributed by atoms with Gasteiger partial charge >= 0.3 is 5.97 Å². The fourth-order valence-corrected chi connectivity index (χ4v) is 6.22. The molecule has 7 nitrogen and oxygen atoms in total. The van der Waals surface area contributed by atoms with Crippen LogP contribution in [0.3, 0.4) is 0 Å². The molecule has 5 aromatic carbocycles. The molecule has 246 valence electrons. The van der Waals surface area contributed by atoms with E-state index in [4.69, 9.17) is 19.2 Å². The summed E-state index contributed by atoms with van der Waals surface area (Å²) in [6.07, 6.45) is 4.63. The van der Waals surface area contributed by atoms with Crippen molar-refractivity contribution >= 4 is 45.6 Å². The maximum atomic E-state index is 13.0. The van der Waals surface area contributed by atoms with E-state index in [2.05, 4.69) is 101 Å². The summed E-state index contributed by atoms with van der Waals surface area (Å²) in [5.41, 5.74) is 6.59. The topological polar surface area (TPSA) is 65.3 Å². The summed E-state index contributed by atoms with van der Waals surface area (Å²) in [6.45, 7) is 3.67. The quantitative estimate of drug-likeness (QED) is 0.103. The first-order chi connectivity index (χ1) is 24.1. The van der Waals surface area contributed by atoms with Crippen LogP contribution < -0.4 is 4.74 Å². The number of methoxy groups -OCH3 is 1. The van der Waals surface area contributed by atoms with Crippen LogP contribution in [0.25, 0.3) is 33.6 Å². The van der Waals surface area contributed by atoms with Gasteiger partial charge in [0, 0.05) is 23.0 Å². The highest BCUT2D eigenvalue weighted by molar-refractivity contribution is 6.09. The van der Waals surface area contributed by atoms with Crippen LogP contribution in [0.2, 0.25) is 0 Å². The standard InChI is InChI=1S/C42H39N3O4/c1-3-4-26-48-41(46)36-15-8-10-16-38(36)43-42-44(25-24-30-18-21-33(47-2)22-19-30)29-34(49-42)27-31-20-23-40-37(28-31)35-14-9-11-17-39(35)45(40)32-12-6-5-7-13-32/h5-23,27-28H,3-4,24-26,29H2,1-2H3/b34-27+,43-42?. The van der Waals surface area contributed by atoms with E-state index >= 15 is 0 Å². The Morgan fingerprint density at radius 2 is 1.61 bits per heavy atom. The van der Waals surface area contributed by atoms with Gasteiger partial charge in [-0.25, -0.2) is 4.79 Å². The van der Waals surface area contributed by atoms with Crippen molar-refractivity contribution in [3.63, 3.8) is 0 Å². The number of fused-ring (bicyclic) bond motifs is 3. The number of esters is 1. The summed E-state index contributed by atoms with van der Waals surface area (Å²) in [5, 5.41) is 2.37. The lowest BCUT2D eigenvalue weighted by Gasteiger charge is -2.16. The molecule has 49 heavy (non-hydrogen) atoms. The molecule has 7 rings (SSSR count). The molecule has 0 amide bonds. The van der Waals surface area contributed by atoms with Crippen LogP contribution in [0, 0.1) is 0 Å². The molecule has 6 aromatic rings. The lowest BCUT2D eigenvalue weighted by molar-refractivity contribution is 0.0500. The first-order valence-corrected chi connectivity index (χ1v) is 16.8. The number of carbonyl (C=O) groups is 1. The fraction of sp³-hybridized carbons (Fsp3) is 0.190. The van der Waals surface area contributed by atoms with Gasteiger partial charge in [-0.15, -0.1) is 0 Å². The van der Waals surface area contributed by atoms with Gasteiger partial charge in [-0.1, -0.05) is 80.1 Å². The summed E-state index contributed by atoms with van der Waals surface area (Å²) in [7, 11) is 1.67. The number of hydrogen-bond donors (Lipinski definition) is 0. The van der Waals surface area contributed by atoms with E-state index in [1.165, 1.54) is 16.3 Å². The average molecular weight is 650 g/mol. The number of carbonyl (C=O) groups excluding carboxylic acids is 1. The number of hydrogen-bond acceptors (Lipinski definition) is 5. The highest BCUT2D eigenvalue weighted by atomic mass is 16.5. The molecule has 0 N–H and O–H groups in total. The van der Waals surface area contributed by atoms with Crippen LogP contribution in [0.4, 0.5) is 5.69 Å². The molecule has 1 saturated heterocycles. The number of nitrogens with zero attached hydrogens (tertiary/aromatic N) is 3. The molecule has 0 spiro atoms. The summed E-state index contributed by atoms with van der Waals surface area (Å²) >= 11 is 0. The van der Waals surface area contributed by atoms with Crippen molar-refractivity contribution in [1.29, 1.82) is 0 Å². The van der Waals surface area contributed by atoms with Crippen molar-refractivity contribution in [2.45, 2.75) is 26.2 Å². The third-order valence-corrected chi connectivity index (χ3v) is 8.78. The average Bonchev–Trinajstić information content (AvgIpc) is 3.68. The lowest BCUT2D eigenvalue weighted by atomic mass is 10.1. The number of benzene rings is 5. The van der Waals surface area contributed by atoms with Crippen LogP contribution in [-0.4, -0.2) is 48.3 Å². The Morgan fingerprint density at radius 1 is 0.857 bits per heavy atom. The first kappa shape index (κ1) is 31.8. The van der Waals surface area contributed by atoms with E-state index in [-0.39, 0.29) is 5.97 Å². The van der Waals surface area contributed by atoms with E-state index in [1.54, 1.807) is 13.2 Å². The number of rotatable bonds is 11. The second kappa shape index (κ2) is 14.5. The van der Waals surface area contributed by atoms with Gasteiger partial charge in [-0.2, -0.15) is 4.99 Å². The van der Waals surface area contributed by atoms with Crippen molar-refractivity contribution in [3.05, 3.63) is 144 Å². The lowest BCUT2D eigenvalue weighted by Crippen LogP contribution is -2.27. The smallest absolute Gasteiger partial charge is 0.340 e. The van der Waals surface area contributed by atoms with Gasteiger partial charge in [0.05, 0.1) is 42.5 Å². The minimum Gasteiger partial charge on any atom is -0.497 e. The molecular weight excluding hydrogens is 610 g/mol. The Kier molecular flexibility index (Phi) is 9.41. The van der Waals surface area contributed by atoms with Crippen LogP contribution in [-0.2, 0) is 15.9 Å². The predicted octanol–water partition coefficient (Wildman–Crippen LogP) is 9.35. The maximum absolute atomic E-state index is 13.0. The van der Waals surface area contributed by atoms with Crippen LogP contribution in [0.1, 0.15) is 41.3 Å². The SMILES string of the molecule is CCCCOC(=O)c1ccccc1N=C1O/C(=C/c2ccc3c(c2)c2ccccc2n3-c2ccccc2)CN1CCc1ccc(OC)cc1. The highest BCUT2D eigenvalue weighted by Crippen LogP contribution is 2.33. The van der Waals surface area contributed by atoms with Crippen molar-refractivity contribution in [2.75, 3.05) is 26.8 Å².